The third-order valence-electron chi connectivity index (χ3n) is 4.91. The molecule has 0 aliphatic heterocycles. The van der Waals surface area contributed by atoms with Crippen LogP contribution in [0.5, 0.6) is 0 Å². The molecule has 0 saturated heterocycles. The smallest absolute Gasteiger partial charge is 0.229 e. The number of hydrogen-bond donors (Lipinski definition) is 3. The lowest BCUT2D eigenvalue weighted by Gasteiger charge is -2.17. The summed E-state index contributed by atoms with van der Waals surface area (Å²) in [5, 5.41) is 5.95. The predicted molar refractivity (Wildman–Crippen MR) is 145 cm³/mol. The molecule has 3 aromatic rings. The number of halogens is 1. The largest absolute Gasteiger partial charge is 0.338 e. The maximum atomic E-state index is 14.0. The number of anilines is 4. The van der Waals surface area contributed by atoms with Crippen LogP contribution in [0.3, 0.4) is 0 Å². The lowest BCUT2D eigenvalue weighted by molar-refractivity contribution is 0.593. The van der Waals surface area contributed by atoms with Gasteiger partial charge in [-0.1, -0.05) is 25.7 Å². The van der Waals surface area contributed by atoms with Gasteiger partial charge in [-0.05, 0) is 66.9 Å². The average Bonchev–Trinajstić information content (AvgIpc) is 2.75. The van der Waals surface area contributed by atoms with Crippen LogP contribution >= 0.6 is 0 Å². The number of nitrogens with one attached hydrogen (secondary N) is 3. The number of aryl methyl sites for hydroxylation is 1. The molecule has 0 spiro atoms. The Hall–Kier alpha value is -2.80. The van der Waals surface area contributed by atoms with Gasteiger partial charge in [0, 0.05) is 24.9 Å². The van der Waals surface area contributed by atoms with Gasteiger partial charge in [-0.3, -0.25) is 0 Å². The van der Waals surface area contributed by atoms with Crippen molar-refractivity contribution in [1.82, 2.24) is 14.1 Å². The van der Waals surface area contributed by atoms with Crippen molar-refractivity contribution >= 4 is 56.8 Å². The summed E-state index contributed by atoms with van der Waals surface area (Å²) >= 11 is 0. The first-order valence-corrected chi connectivity index (χ1v) is 17.9. The van der Waals surface area contributed by atoms with Gasteiger partial charge in [-0.15, -0.1) is 4.13 Å². The second kappa shape index (κ2) is 10.4. The van der Waals surface area contributed by atoms with Crippen LogP contribution in [0.1, 0.15) is 5.56 Å². The summed E-state index contributed by atoms with van der Waals surface area (Å²) in [7, 11) is -8.56. The van der Waals surface area contributed by atoms with Crippen molar-refractivity contribution in [1.29, 1.82) is 0 Å². The highest BCUT2D eigenvalue weighted by Gasteiger charge is 2.22. The Bertz CT molecular complexity index is 1410. The SMILES string of the molecule is C=S(=O)(NS(=O)(=O)CC[Si](C)(C)C)c1ccc(Nc2nccc(Nc3cc(C)ccc3F)n2)cc1. The number of hydrogen-bond acceptors (Lipinski definition) is 7. The molecule has 3 N–H and O–H groups in total. The molecular weight excluding hydrogens is 506 g/mol. The van der Waals surface area contributed by atoms with Crippen LogP contribution in [0.25, 0.3) is 0 Å². The van der Waals surface area contributed by atoms with Gasteiger partial charge in [0.05, 0.1) is 21.1 Å². The minimum absolute atomic E-state index is 0.0803. The minimum atomic E-state index is -3.74. The number of benzene rings is 2. The molecule has 1 unspecified atom stereocenters. The Labute approximate surface area is 207 Å². The molecule has 0 aliphatic carbocycles. The Morgan fingerprint density at radius 2 is 1.69 bits per heavy atom. The lowest BCUT2D eigenvalue weighted by atomic mass is 10.2. The summed E-state index contributed by atoms with van der Waals surface area (Å²) in [5.41, 5.74) is 1.79. The summed E-state index contributed by atoms with van der Waals surface area (Å²) in [6.45, 7) is 8.09. The summed E-state index contributed by atoms with van der Waals surface area (Å²) in [4.78, 5) is 8.76. The van der Waals surface area contributed by atoms with Gasteiger partial charge < -0.3 is 10.6 Å². The molecule has 0 saturated carbocycles. The van der Waals surface area contributed by atoms with E-state index in [-0.39, 0.29) is 16.6 Å². The molecule has 1 aromatic heterocycles. The Morgan fingerprint density at radius 1 is 1.00 bits per heavy atom. The van der Waals surface area contributed by atoms with E-state index in [1.807, 2.05) is 6.92 Å². The summed E-state index contributed by atoms with van der Waals surface area (Å²) in [6.07, 6.45) is 1.53. The molecule has 3 rings (SSSR count). The zero-order valence-corrected chi connectivity index (χ0v) is 22.8. The molecule has 0 radical (unpaired) electrons. The zero-order chi connectivity index (χ0) is 25.9. The van der Waals surface area contributed by atoms with Crippen LogP contribution in [-0.2, 0) is 19.7 Å². The van der Waals surface area contributed by atoms with E-state index >= 15 is 0 Å². The van der Waals surface area contributed by atoms with Crippen LogP contribution < -0.4 is 14.8 Å². The molecule has 0 aliphatic rings. The van der Waals surface area contributed by atoms with Gasteiger partial charge in [0.1, 0.15) is 11.6 Å². The monoisotopic (exact) mass is 535 g/mol. The van der Waals surface area contributed by atoms with E-state index < -0.39 is 33.6 Å². The first-order valence-electron chi connectivity index (χ1n) is 10.8. The van der Waals surface area contributed by atoms with E-state index in [1.54, 1.807) is 30.3 Å². The van der Waals surface area contributed by atoms with Crippen molar-refractivity contribution < 1.29 is 17.0 Å². The fourth-order valence-electron chi connectivity index (χ4n) is 2.98. The van der Waals surface area contributed by atoms with E-state index in [0.717, 1.165) is 5.56 Å². The second-order valence-electron chi connectivity index (χ2n) is 9.41. The quantitative estimate of drug-likeness (QED) is 0.256. The lowest BCUT2D eigenvalue weighted by Crippen LogP contribution is -2.35. The van der Waals surface area contributed by atoms with Crippen molar-refractivity contribution in [2.75, 3.05) is 16.4 Å². The summed E-state index contributed by atoms with van der Waals surface area (Å²) in [6, 6.07) is 13.2. The normalized spacial score (nSPS) is 13.7. The van der Waals surface area contributed by atoms with Crippen molar-refractivity contribution in [2.45, 2.75) is 37.5 Å². The van der Waals surface area contributed by atoms with E-state index in [0.29, 0.717) is 23.2 Å². The molecule has 8 nitrogen and oxygen atoms in total. The molecule has 2 aromatic carbocycles. The predicted octanol–water partition coefficient (Wildman–Crippen LogP) is 4.66. The Kier molecular flexibility index (Phi) is 7.99. The maximum Gasteiger partial charge on any atom is 0.229 e. The maximum absolute atomic E-state index is 14.0. The van der Waals surface area contributed by atoms with Crippen LogP contribution in [0.15, 0.2) is 59.6 Å². The van der Waals surface area contributed by atoms with Gasteiger partial charge in [-0.25, -0.2) is 22.0 Å². The zero-order valence-electron chi connectivity index (χ0n) is 20.1. The summed E-state index contributed by atoms with van der Waals surface area (Å²) in [5.74, 6) is 3.80. The molecular formula is C23H30FN5O3S2Si. The number of nitrogens with zero attached hydrogens (tertiary/aromatic N) is 2. The molecule has 0 amide bonds. The topological polar surface area (TPSA) is 113 Å². The van der Waals surface area contributed by atoms with Crippen molar-refractivity contribution in [2.24, 2.45) is 0 Å². The molecule has 35 heavy (non-hydrogen) atoms. The molecule has 1 heterocycles. The Morgan fingerprint density at radius 3 is 2.34 bits per heavy atom. The molecule has 0 fully saturated rings. The van der Waals surface area contributed by atoms with E-state index in [1.165, 1.54) is 24.4 Å². The van der Waals surface area contributed by atoms with Crippen molar-refractivity contribution in [3.05, 3.63) is 66.1 Å². The minimum Gasteiger partial charge on any atom is -0.338 e. The number of rotatable bonds is 10. The van der Waals surface area contributed by atoms with Gasteiger partial charge in [-0.2, -0.15) is 4.98 Å². The molecule has 12 heteroatoms. The highest BCUT2D eigenvalue weighted by molar-refractivity contribution is 8.09. The van der Waals surface area contributed by atoms with E-state index in [9.17, 15) is 17.0 Å². The second-order valence-corrected chi connectivity index (χ2v) is 19.2. The fraction of sp³-hybridized carbons (Fsp3) is 0.261. The third-order valence-corrected chi connectivity index (χ3v) is 10.9. The van der Waals surface area contributed by atoms with Crippen molar-refractivity contribution in [3.63, 3.8) is 0 Å². The fourth-order valence-corrected chi connectivity index (χ4v) is 9.44. The average molecular weight is 536 g/mol. The van der Waals surface area contributed by atoms with E-state index in [2.05, 4.69) is 50.2 Å². The highest BCUT2D eigenvalue weighted by atomic mass is 32.3. The Balaban J connectivity index is 1.69. The third kappa shape index (κ3) is 8.13. The van der Waals surface area contributed by atoms with E-state index in [4.69, 9.17) is 0 Å². The van der Waals surface area contributed by atoms with Crippen LogP contribution in [0, 0.1) is 12.7 Å². The van der Waals surface area contributed by atoms with Gasteiger partial charge in [0.2, 0.25) is 16.0 Å². The van der Waals surface area contributed by atoms with Crippen LogP contribution in [0.4, 0.5) is 27.5 Å². The molecule has 1 atom stereocenters. The first-order chi connectivity index (χ1) is 16.2. The van der Waals surface area contributed by atoms with Gasteiger partial charge >= 0.3 is 0 Å². The first kappa shape index (κ1) is 26.8. The number of aromatic nitrogens is 2. The highest BCUT2D eigenvalue weighted by Crippen LogP contribution is 2.22. The van der Waals surface area contributed by atoms with Crippen LogP contribution in [-0.4, -0.2) is 42.3 Å². The van der Waals surface area contributed by atoms with Gasteiger partial charge in [0.25, 0.3) is 0 Å². The molecule has 0 bridgehead atoms. The summed E-state index contributed by atoms with van der Waals surface area (Å²) < 4.78 is 54.1. The standard InChI is InChI=1S/C23H30FN5O3S2Si/c1-17-6-11-20(24)21(16-17)27-22-12-13-25-23(28-22)26-18-7-9-19(10-8-18)33(2,30)29-34(31,32)14-15-35(3,4)5/h6-13,16H,2,14-15H2,1,3-5H3,(H,29,30)(H2,25,26,27,28). The van der Waals surface area contributed by atoms with Gasteiger partial charge in [0.15, 0.2) is 0 Å². The van der Waals surface area contributed by atoms with Crippen molar-refractivity contribution in [3.8, 4) is 0 Å². The molecule has 188 valence electrons. The van der Waals surface area contributed by atoms with Crippen LogP contribution in [0.2, 0.25) is 25.7 Å². The number of sulfonamides is 1.